The molecule has 1 unspecified atom stereocenters. The summed E-state index contributed by atoms with van der Waals surface area (Å²) in [4.78, 5) is 0. The molecule has 0 amide bonds. The first kappa shape index (κ1) is 7.01. The lowest BCUT2D eigenvalue weighted by Gasteiger charge is -1.93. The van der Waals surface area contributed by atoms with E-state index in [-0.39, 0.29) is 0 Å². The van der Waals surface area contributed by atoms with Gasteiger partial charge in [-0.15, -0.1) is 0 Å². The standard InChI is InChI=1S/C3H7F2NS/c1-6-7(2)3(4)5/h3H,1-2H3. The molecule has 0 aromatic heterocycles. The van der Waals surface area contributed by atoms with Gasteiger partial charge in [-0.1, -0.05) is 0 Å². The first-order valence-corrected chi connectivity index (χ1v) is 3.36. The van der Waals surface area contributed by atoms with Crippen LogP contribution in [0.1, 0.15) is 0 Å². The monoisotopic (exact) mass is 127 g/mol. The topological polar surface area (TPSA) is 12.4 Å². The molecule has 0 bridgehead atoms. The average Bonchev–Trinajstić information content (AvgIpc) is 1.65. The van der Waals surface area contributed by atoms with Crippen LogP contribution < -0.4 is 0 Å². The third-order valence-electron chi connectivity index (χ3n) is 0.546. The number of nitrogens with zero attached hydrogens (tertiary/aromatic N) is 1. The summed E-state index contributed by atoms with van der Waals surface area (Å²) in [5, 5.41) is 0. The van der Waals surface area contributed by atoms with E-state index in [4.69, 9.17) is 0 Å². The number of hydrogen-bond donors (Lipinski definition) is 0. The Kier molecular flexibility index (Phi) is 3.07. The average molecular weight is 127 g/mol. The van der Waals surface area contributed by atoms with Gasteiger partial charge in [0.25, 0.3) is 5.76 Å². The van der Waals surface area contributed by atoms with E-state index in [1.54, 1.807) is 0 Å². The highest BCUT2D eigenvalue weighted by Crippen LogP contribution is 1.97. The van der Waals surface area contributed by atoms with Crippen molar-refractivity contribution in [2.75, 3.05) is 13.3 Å². The van der Waals surface area contributed by atoms with Crippen LogP contribution in [0.5, 0.6) is 0 Å². The summed E-state index contributed by atoms with van der Waals surface area (Å²) in [6.07, 6.45) is 1.41. The highest BCUT2D eigenvalue weighted by atomic mass is 32.2. The quantitative estimate of drug-likeness (QED) is 0.503. The summed E-state index contributed by atoms with van der Waals surface area (Å²) < 4.78 is 26.1. The van der Waals surface area contributed by atoms with Gasteiger partial charge in [0, 0.05) is 7.05 Å². The highest BCUT2D eigenvalue weighted by Gasteiger charge is 2.00. The molecule has 0 saturated heterocycles. The molecule has 0 spiro atoms. The molecular weight excluding hydrogens is 120 g/mol. The number of hydrogen-bond acceptors (Lipinski definition) is 1. The molecule has 0 fully saturated rings. The Labute approximate surface area is 43.8 Å². The molecule has 0 saturated carbocycles. The van der Waals surface area contributed by atoms with Gasteiger partial charge in [0.05, 0.1) is 0 Å². The van der Waals surface area contributed by atoms with Crippen LogP contribution in [0.15, 0.2) is 4.36 Å². The fraction of sp³-hybridized carbons (Fsp3) is 1.00. The zero-order chi connectivity index (χ0) is 5.86. The lowest BCUT2D eigenvalue weighted by atomic mass is 11.6. The summed E-state index contributed by atoms with van der Waals surface area (Å²) in [6.45, 7) is 0. The van der Waals surface area contributed by atoms with Gasteiger partial charge in [-0.25, -0.2) is 0 Å². The third-order valence-corrected chi connectivity index (χ3v) is 1.64. The molecule has 7 heavy (non-hydrogen) atoms. The fourth-order valence-electron chi connectivity index (χ4n) is 0.0797. The maximum absolute atomic E-state index is 11.3. The molecule has 1 atom stereocenters. The fourth-order valence-corrected chi connectivity index (χ4v) is 0.239. The minimum absolute atomic E-state index is 1.04. The third kappa shape index (κ3) is 2.68. The molecule has 4 heteroatoms. The van der Waals surface area contributed by atoms with Gasteiger partial charge in [-0.2, -0.15) is 8.78 Å². The SMILES string of the molecule is CN=S(C)C(F)F. The number of alkyl halides is 2. The first-order valence-electron chi connectivity index (χ1n) is 1.71. The zero-order valence-corrected chi connectivity index (χ0v) is 5.01. The van der Waals surface area contributed by atoms with Crippen molar-refractivity contribution in [3.05, 3.63) is 0 Å². The summed E-state index contributed by atoms with van der Waals surface area (Å²) in [7, 11) is 0.361. The van der Waals surface area contributed by atoms with Crippen molar-refractivity contribution in [1.82, 2.24) is 0 Å². The van der Waals surface area contributed by atoms with Gasteiger partial charge in [0.15, 0.2) is 0 Å². The van der Waals surface area contributed by atoms with E-state index < -0.39 is 16.4 Å². The summed E-state index contributed by atoms with van der Waals surface area (Å²) in [5.41, 5.74) is 0. The molecule has 1 nitrogen and oxygen atoms in total. The summed E-state index contributed by atoms with van der Waals surface area (Å²) >= 11 is 0. The zero-order valence-electron chi connectivity index (χ0n) is 4.19. The molecule has 0 aromatic carbocycles. The van der Waals surface area contributed by atoms with Crippen LogP contribution >= 0.6 is 0 Å². The van der Waals surface area contributed by atoms with Gasteiger partial charge in [0.1, 0.15) is 0 Å². The van der Waals surface area contributed by atoms with Crippen LogP contribution in [0.4, 0.5) is 8.78 Å². The number of rotatable bonds is 1. The van der Waals surface area contributed by atoms with Crippen LogP contribution in [-0.2, 0) is 10.7 Å². The van der Waals surface area contributed by atoms with E-state index >= 15 is 0 Å². The second kappa shape index (κ2) is 3.07. The van der Waals surface area contributed by atoms with Crippen LogP contribution in [0.2, 0.25) is 0 Å². The lowest BCUT2D eigenvalue weighted by molar-refractivity contribution is 0.249. The van der Waals surface area contributed by atoms with E-state index in [9.17, 15) is 8.78 Å². The Morgan fingerprint density at radius 1 is 1.57 bits per heavy atom. The Morgan fingerprint density at radius 2 is 2.00 bits per heavy atom. The van der Waals surface area contributed by atoms with Crippen LogP contribution in [0, 0.1) is 0 Å². The smallest absolute Gasteiger partial charge is 0.263 e. The van der Waals surface area contributed by atoms with Gasteiger partial charge >= 0.3 is 0 Å². The molecule has 0 aliphatic rings. The van der Waals surface area contributed by atoms with Crippen LogP contribution in [0.3, 0.4) is 0 Å². The summed E-state index contributed by atoms with van der Waals surface area (Å²) in [5.74, 6) is -2.27. The van der Waals surface area contributed by atoms with E-state index in [2.05, 4.69) is 4.36 Å². The molecule has 0 radical (unpaired) electrons. The Hall–Kier alpha value is 0.01000. The van der Waals surface area contributed by atoms with Gasteiger partial charge in [-0.05, 0) is 16.9 Å². The van der Waals surface area contributed by atoms with Crippen molar-refractivity contribution >= 4 is 10.7 Å². The van der Waals surface area contributed by atoms with Crippen molar-refractivity contribution in [1.29, 1.82) is 0 Å². The van der Waals surface area contributed by atoms with Gasteiger partial charge < -0.3 is 0 Å². The van der Waals surface area contributed by atoms with E-state index in [0.717, 1.165) is 0 Å². The largest absolute Gasteiger partial charge is 0.293 e. The molecule has 0 heterocycles. The van der Waals surface area contributed by atoms with E-state index in [1.165, 1.54) is 13.3 Å². The van der Waals surface area contributed by atoms with Crippen molar-refractivity contribution in [3.63, 3.8) is 0 Å². The van der Waals surface area contributed by atoms with Crippen LogP contribution in [-0.4, -0.2) is 19.1 Å². The molecule has 0 aliphatic carbocycles. The molecule has 0 rings (SSSR count). The van der Waals surface area contributed by atoms with Crippen molar-refractivity contribution in [2.45, 2.75) is 5.76 Å². The predicted octanol–water partition coefficient (Wildman–Crippen LogP) is 1.27. The van der Waals surface area contributed by atoms with Crippen molar-refractivity contribution in [3.8, 4) is 0 Å². The second-order valence-corrected chi connectivity index (χ2v) is 2.74. The highest BCUT2D eigenvalue weighted by molar-refractivity contribution is 7.86. The molecule has 0 N–H and O–H groups in total. The Morgan fingerprint density at radius 3 is 2.00 bits per heavy atom. The minimum atomic E-state index is -2.27. The van der Waals surface area contributed by atoms with Gasteiger partial charge in [-0.3, -0.25) is 4.36 Å². The van der Waals surface area contributed by atoms with E-state index in [1.807, 2.05) is 0 Å². The molecule has 44 valence electrons. The maximum atomic E-state index is 11.3. The van der Waals surface area contributed by atoms with Crippen LogP contribution in [0.25, 0.3) is 0 Å². The maximum Gasteiger partial charge on any atom is 0.293 e. The van der Waals surface area contributed by atoms with Crippen molar-refractivity contribution < 1.29 is 8.78 Å². The normalized spacial score (nSPS) is 15.6. The Bertz CT molecular complexity index is 81.0. The second-order valence-electron chi connectivity index (χ2n) is 0.967. The molecule has 0 aliphatic heterocycles. The Balaban J connectivity index is 3.56. The number of halogens is 2. The molecule has 0 aromatic rings. The summed E-state index contributed by atoms with van der Waals surface area (Å²) in [6, 6.07) is 0. The van der Waals surface area contributed by atoms with Gasteiger partial charge in [0.2, 0.25) is 0 Å². The predicted molar refractivity (Wildman–Crippen MR) is 27.6 cm³/mol. The first-order chi connectivity index (χ1) is 3.18. The lowest BCUT2D eigenvalue weighted by Crippen LogP contribution is -1.97. The van der Waals surface area contributed by atoms with E-state index in [0.29, 0.717) is 0 Å². The molecular formula is C3H7F2NS. The minimum Gasteiger partial charge on any atom is -0.263 e. The van der Waals surface area contributed by atoms with Crippen molar-refractivity contribution in [2.24, 2.45) is 4.36 Å².